The summed E-state index contributed by atoms with van der Waals surface area (Å²) in [5.74, 6) is 0.806. The van der Waals surface area contributed by atoms with Crippen molar-refractivity contribution in [1.29, 1.82) is 0 Å². The van der Waals surface area contributed by atoms with E-state index < -0.39 is 0 Å². The lowest BCUT2D eigenvalue weighted by atomic mass is 10.1. The molecule has 0 radical (unpaired) electrons. The first-order valence-electron chi connectivity index (χ1n) is 10.0. The van der Waals surface area contributed by atoms with Gasteiger partial charge in [-0.15, -0.1) is 0 Å². The maximum absolute atomic E-state index is 11.8. The van der Waals surface area contributed by atoms with Gasteiger partial charge in [0.2, 0.25) is 5.91 Å². The Morgan fingerprint density at radius 3 is 2.56 bits per heavy atom. The van der Waals surface area contributed by atoms with Gasteiger partial charge < -0.3 is 20.7 Å². The van der Waals surface area contributed by atoms with Crippen molar-refractivity contribution < 1.29 is 9.53 Å². The minimum Gasteiger partial charge on any atom is -0.374 e. The van der Waals surface area contributed by atoms with Crippen LogP contribution in [-0.4, -0.2) is 44.1 Å². The van der Waals surface area contributed by atoms with Gasteiger partial charge in [0.15, 0.2) is 5.96 Å². The van der Waals surface area contributed by atoms with E-state index in [1.54, 1.807) is 0 Å². The summed E-state index contributed by atoms with van der Waals surface area (Å²) in [4.78, 5) is 16.3. The van der Waals surface area contributed by atoms with Crippen LogP contribution in [0.1, 0.15) is 58.6 Å². The fraction of sp³-hybridized carbons (Fsp3) is 0.619. The van der Waals surface area contributed by atoms with Crippen molar-refractivity contribution >= 4 is 11.9 Å². The summed E-state index contributed by atoms with van der Waals surface area (Å²) in [7, 11) is 0. The first-order chi connectivity index (χ1) is 13.1. The molecule has 152 valence electrons. The van der Waals surface area contributed by atoms with Crippen LogP contribution < -0.4 is 16.0 Å². The number of nitrogens with one attached hydrogen (secondary N) is 3. The van der Waals surface area contributed by atoms with Crippen molar-refractivity contribution in [1.82, 2.24) is 16.0 Å². The molecule has 0 saturated heterocycles. The van der Waals surface area contributed by atoms with E-state index in [4.69, 9.17) is 4.74 Å². The lowest BCUT2D eigenvalue weighted by molar-refractivity contribution is -0.121. The van der Waals surface area contributed by atoms with Gasteiger partial charge in [0, 0.05) is 38.7 Å². The van der Waals surface area contributed by atoms with Crippen LogP contribution in [0.25, 0.3) is 0 Å². The smallest absolute Gasteiger partial charge is 0.221 e. The molecule has 1 rings (SSSR count). The summed E-state index contributed by atoms with van der Waals surface area (Å²) in [6.07, 6.45) is 2.31. The fourth-order valence-electron chi connectivity index (χ4n) is 2.42. The molecule has 0 bridgehead atoms. The number of guanidine groups is 1. The third kappa shape index (κ3) is 10.6. The Bertz CT molecular complexity index is 548. The SMILES string of the molecule is CCNC(=NCCCOC(C)c1ccccc1)NCCC(=O)NC(C)CC. The summed E-state index contributed by atoms with van der Waals surface area (Å²) in [5.41, 5.74) is 1.19. The summed E-state index contributed by atoms with van der Waals surface area (Å²) in [6.45, 7) is 10.8. The second kappa shape index (κ2) is 14.0. The zero-order valence-corrected chi connectivity index (χ0v) is 17.3. The van der Waals surface area contributed by atoms with Crippen LogP contribution in [-0.2, 0) is 9.53 Å². The number of ether oxygens (including phenoxy) is 1. The lowest BCUT2D eigenvalue weighted by Crippen LogP contribution is -2.40. The Hall–Kier alpha value is -2.08. The second-order valence-corrected chi connectivity index (χ2v) is 6.59. The molecule has 0 aliphatic rings. The Morgan fingerprint density at radius 1 is 1.15 bits per heavy atom. The van der Waals surface area contributed by atoms with E-state index in [0.717, 1.165) is 25.3 Å². The van der Waals surface area contributed by atoms with E-state index in [2.05, 4.69) is 46.9 Å². The maximum atomic E-state index is 11.8. The molecule has 0 aromatic heterocycles. The predicted octanol–water partition coefficient (Wildman–Crippen LogP) is 3.01. The van der Waals surface area contributed by atoms with Gasteiger partial charge in [0.05, 0.1) is 6.10 Å². The summed E-state index contributed by atoms with van der Waals surface area (Å²) >= 11 is 0. The molecule has 0 spiro atoms. The molecule has 0 heterocycles. The molecule has 0 saturated carbocycles. The zero-order chi connectivity index (χ0) is 19.9. The Kier molecular flexibility index (Phi) is 11.9. The fourth-order valence-corrected chi connectivity index (χ4v) is 2.42. The zero-order valence-electron chi connectivity index (χ0n) is 17.3. The minimum atomic E-state index is 0.0657. The van der Waals surface area contributed by atoms with Crippen LogP contribution >= 0.6 is 0 Å². The number of rotatable bonds is 12. The molecule has 1 aromatic rings. The number of hydrogen-bond acceptors (Lipinski definition) is 3. The number of aliphatic imine (C=N–C) groups is 1. The maximum Gasteiger partial charge on any atom is 0.221 e. The van der Waals surface area contributed by atoms with Crippen LogP contribution in [0.2, 0.25) is 0 Å². The van der Waals surface area contributed by atoms with Crippen molar-refractivity contribution in [3.63, 3.8) is 0 Å². The van der Waals surface area contributed by atoms with Crippen molar-refractivity contribution in [3.8, 4) is 0 Å². The predicted molar refractivity (Wildman–Crippen MR) is 112 cm³/mol. The van der Waals surface area contributed by atoms with E-state index in [1.165, 1.54) is 5.56 Å². The van der Waals surface area contributed by atoms with Gasteiger partial charge in [-0.05, 0) is 39.2 Å². The van der Waals surface area contributed by atoms with E-state index in [-0.39, 0.29) is 18.1 Å². The lowest BCUT2D eigenvalue weighted by Gasteiger charge is -2.14. The largest absolute Gasteiger partial charge is 0.374 e. The van der Waals surface area contributed by atoms with Gasteiger partial charge in [-0.3, -0.25) is 9.79 Å². The molecule has 2 atom stereocenters. The van der Waals surface area contributed by atoms with Crippen LogP contribution in [0.15, 0.2) is 35.3 Å². The highest BCUT2D eigenvalue weighted by molar-refractivity contribution is 5.81. The number of benzene rings is 1. The quantitative estimate of drug-likeness (QED) is 0.298. The van der Waals surface area contributed by atoms with Gasteiger partial charge in [-0.1, -0.05) is 37.3 Å². The summed E-state index contributed by atoms with van der Waals surface area (Å²) < 4.78 is 5.87. The number of amides is 1. The normalized spacial score (nSPS) is 13.7. The number of hydrogen-bond donors (Lipinski definition) is 3. The van der Waals surface area contributed by atoms with Gasteiger partial charge in [-0.2, -0.15) is 0 Å². The molecule has 1 amide bonds. The average molecular weight is 377 g/mol. The highest BCUT2D eigenvalue weighted by Gasteiger charge is 2.06. The van der Waals surface area contributed by atoms with Gasteiger partial charge >= 0.3 is 0 Å². The first kappa shape index (κ1) is 23.0. The molecular formula is C21H36N4O2. The molecule has 0 aliphatic carbocycles. The highest BCUT2D eigenvalue weighted by Crippen LogP contribution is 2.15. The monoisotopic (exact) mass is 376 g/mol. The summed E-state index contributed by atoms with van der Waals surface area (Å²) in [5, 5.41) is 9.37. The highest BCUT2D eigenvalue weighted by atomic mass is 16.5. The topological polar surface area (TPSA) is 74.8 Å². The van der Waals surface area contributed by atoms with E-state index >= 15 is 0 Å². The van der Waals surface area contributed by atoms with E-state index in [0.29, 0.717) is 26.1 Å². The Balaban J connectivity index is 2.25. The second-order valence-electron chi connectivity index (χ2n) is 6.59. The first-order valence-corrected chi connectivity index (χ1v) is 10.0. The average Bonchev–Trinajstić information content (AvgIpc) is 2.68. The minimum absolute atomic E-state index is 0.0657. The van der Waals surface area contributed by atoms with Crippen molar-refractivity contribution in [2.24, 2.45) is 4.99 Å². The molecule has 27 heavy (non-hydrogen) atoms. The van der Waals surface area contributed by atoms with Gasteiger partial charge in [0.25, 0.3) is 0 Å². The molecule has 6 nitrogen and oxygen atoms in total. The van der Waals surface area contributed by atoms with Crippen LogP contribution in [0.3, 0.4) is 0 Å². The molecule has 2 unspecified atom stereocenters. The standard InChI is InChI=1S/C21H36N4O2/c1-5-17(3)25-20(26)13-15-24-21(22-6-2)23-14-10-16-27-18(4)19-11-8-7-9-12-19/h7-9,11-12,17-18H,5-6,10,13-16H2,1-4H3,(H,25,26)(H2,22,23,24). The molecular weight excluding hydrogens is 340 g/mol. The number of nitrogens with zero attached hydrogens (tertiary/aromatic N) is 1. The third-order valence-corrected chi connectivity index (χ3v) is 4.22. The van der Waals surface area contributed by atoms with Gasteiger partial charge in [-0.25, -0.2) is 0 Å². The van der Waals surface area contributed by atoms with Crippen LogP contribution in [0.4, 0.5) is 0 Å². The third-order valence-electron chi connectivity index (χ3n) is 4.22. The van der Waals surface area contributed by atoms with Crippen molar-refractivity contribution in [2.75, 3.05) is 26.2 Å². The Labute approximate surface area is 164 Å². The van der Waals surface area contributed by atoms with Crippen molar-refractivity contribution in [2.45, 2.75) is 59.1 Å². The molecule has 0 aliphatic heterocycles. The van der Waals surface area contributed by atoms with E-state index in [9.17, 15) is 4.79 Å². The van der Waals surface area contributed by atoms with Crippen molar-refractivity contribution in [3.05, 3.63) is 35.9 Å². The summed E-state index contributed by atoms with van der Waals surface area (Å²) in [6, 6.07) is 10.4. The molecule has 3 N–H and O–H groups in total. The number of carbonyl (C=O) groups is 1. The van der Waals surface area contributed by atoms with Crippen LogP contribution in [0.5, 0.6) is 0 Å². The molecule has 1 aromatic carbocycles. The Morgan fingerprint density at radius 2 is 1.89 bits per heavy atom. The number of carbonyl (C=O) groups excluding carboxylic acids is 1. The molecule has 6 heteroatoms. The van der Waals surface area contributed by atoms with Gasteiger partial charge in [0.1, 0.15) is 0 Å². The van der Waals surface area contributed by atoms with Crippen LogP contribution in [0, 0.1) is 0 Å². The van der Waals surface area contributed by atoms with E-state index in [1.807, 2.05) is 32.0 Å². The molecule has 0 fully saturated rings.